The monoisotopic (exact) mass is 386 g/mol. The summed E-state index contributed by atoms with van der Waals surface area (Å²) in [5, 5.41) is 4.74. The molecule has 0 unspecified atom stereocenters. The van der Waals surface area contributed by atoms with E-state index in [1.807, 2.05) is 29.6 Å². The van der Waals surface area contributed by atoms with Crippen molar-refractivity contribution in [3.05, 3.63) is 57.8 Å². The molecule has 5 nitrogen and oxygen atoms in total. The molecule has 2 heterocycles. The summed E-state index contributed by atoms with van der Waals surface area (Å²) in [6.07, 6.45) is 3.01. The fourth-order valence-electron chi connectivity index (χ4n) is 3.14. The van der Waals surface area contributed by atoms with E-state index in [1.54, 1.807) is 30.4 Å². The van der Waals surface area contributed by atoms with Crippen LogP contribution in [0.4, 0.5) is 0 Å². The minimum atomic E-state index is -0.828. The van der Waals surface area contributed by atoms with Crippen molar-refractivity contribution in [3.63, 3.8) is 0 Å². The first-order chi connectivity index (χ1) is 13.1. The molecule has 27 heavy (non-hydrogen) atoms. The molecular weight excluding hydrogens is 360 g/mol. The number of likely N-dealkylation sites (tertiary alicyclic amines) is 1. The van der Waals surface area contributed by atoms with Gasteiger partial charge in [-0.05, 0) is 62.0 Å². The normalized spacial score (nSPS) is 15.9. The quantitative estimate of drug-likeness (QED) is 0.739. The van der Waals surface area contributed by atoms with Crippen molar-refractivity contribution < 1.29 is 14.3 Å². The predicted octanol–water partition coefficient (Wildman–Crippen LogP) is 3.60. The van der Waals surface area contributed by atoms with Crippen molar-refractivity contribution >= 4 is 23.2 Å². The summed E-state index contributed by atoms with van der Waals surface area (Å²) in [6, 6.07) is 11.4. The van der Waals surface area contributed by atoms with E-state index in [-0.39, 0.29) is 5.91 Å². The van der Waals surface area contributed by atoms with Crippen molar-refractivity contribution in [1.82, 2.24) is 10.2 Å². The maximum absolute atomic E-state index is 12.3. The molecule has 1 N–H and O–H groups in total. The van der Waals surface area contributed by atoms with Gasteiger partial charge in [0, 0.05) is 11.4 Å². The first kappa shape index (κ1) is 19.6. The zero-order valence-electron chi connectivity index (χ0n) is 15.6. The van der Waals surface area contributed by atoms with Crippen LogP contribution in [0, 0.1) is 0 Å². The number of carbonyl (C=O) groups is 2. The molecule has 1 aliphatic heterocycles. The Balaban J connectivity index is 1.47. The van der Waals surface area contributed by atoms with Crippen LogP contribution in [-0.4, -0.2) is 36.0 Å². The van der Waals surface area contributed by atoms with Crippen molar-refractivity contribution in [3.8, 4) is 0 Å². The van der Waals surface area contributed by atoms with Crippen molar-refractivity contribution in [1.29, 1.82) is 0 Å². The SMILES string of the molecule is C[C@@H](OC(=O)c1ccc(CN2CCCCC2)cc1)C(=O)NCc1cccs1. The van der Waals surface area contributed by atoms with Gasteiger partial charge >= 0.3 is 5.97 Å². The number of benzene rings is 1. The van der Waals surface area contributed by atoms with Crippen molar-refractivity contribution in [2.45, 2.75) is 45.4 Å². The summed E-state index contributed by atoms with van der Waals surface area (Å²) >= 11 is 1.58. The number of hydrogen-bond donors (Lipinski definition) is 1. The highest BCUT2D eigenvalue weighted by molar-refractivity contribution is 7.09. The van der Waals surface area contributed by atoms with E-state index in [0.29, 0.717) is 12.1 Å². The van der Waals surface area contributed by atoms with E-state index in [1.165, 1.54) is 24.8 Å². The van der Waals surface area contributed by atoms with E-state index in [9.17, 15) is 9.59 Å². The predicted molar refractivity (Wildman–Crippen MR) is 107 cm³/mol. The fraction of sp³-hybridized carbons (Fsp3) is 0.429. The Labute approximate surface area is 164 Å². The molecule has 0 spiro atoms. The molecule has 0 aliphatic carbocycles. The van der Waals surface area contributed by atoms with Crippen LogP contribution < -0.4 is 5.32 Å². The minimum absolute atomic E-state index is 0.293. The molecule has 6 heteroatoms. The van der Waals surface area contributed by atoms with Gasteiger partial charge in [0.25, 0.3) is 5.91 Å². The van der Waals surface area contributed by atoms with Crippen molar-refractivity contribution in [2.24, 2.45) is 0 Å². The average molecular weight is 387 g/mol. The maximum Gasteiger partial charge on any atom is 0.338 e. The number of carbonyl (C=O) groups excluding carboxylic acids is 2. The molecule has 3 rings (SSSR count). The number of ether oxygens (including phenoxy) is 1. The van der Waals surface area contributed by atoms with Gasteiger partial charge in [-0.15, -0.1) is 11.3 Å². The van der Waals surface area contributed by atoms with Crippen LogP contribution in [0.1, 0.15) is 47.0 Å². The zero-order valence-corrected chi connectivity index (χ0v) is 16.5. The third kappa shape index (κ3) is 5.91. The minimum Gasteiger partial charge on any atom is -0.449 e. The molecule has 1 aliphatic rings. The molecule has 0 saturated carbocycles. The number of rotatable bonds is 7. The van der Waals surface area contributed by atoms with E-state index in [2.05, 4.69) is 10.2 Å². The van der Waals surface area contributed by atoms with Gasteiger partial charge in [0.15, 0.2) is 6.10 Å². The number of esters is 1. The summed E-state index contributed by atoms with van der Waals surface area (Å²) in [7, 11) is 0. The Morgan fingerprint density at radius 1 is 1.15 bits per heavy atom. The standard InChI is InChI=1S/C21H26N2O3S/c1-16(20(24)22-14-19-6-5-13-27-19)26-21(25)18-9-7-17(8-10-18)15-23-11-3-2-4-12-23/h5-10,13,16H,2-4,11-12,14-15H2,1H3,(H,22,24)/t16-/m1/s1. The van der Waals surface area contributed by atoms with Gasteiger partial charge in [0.2, 0.25) is 0 Å². The van der Waals surface area contributed by atoms with Crippen LogP contribution in [0.5, 0.6) is 0 Å². The van der Waals surface area contributed by atoms with Gasteiger partial charge in [-0.25, -0.2) is 4.79 Å². The molecule has 1 aromatic heterocycles. The second kappa shape index (κ2) is 9.67. The summed E-state index contributed by atoms with van der Waals surface area (Å²) < 4.78 is 5.30. The van der Waals surface area contributed by atoms with Crippen LogP contribution >= 0.6 is 11.3 Å². The molecule has 1 fully saturated rings. The molecular formula is C21H26N2O3S. The highest BCUT2D eigenvalue weighted by atomic mass is 32.1. The Morgan fingerprint density at radius 3 is 2.56 bits per heavy atom. The third-order valence-corrected chi connectivity index (χ3v) is 5.59. The van der Waals surface area contributed by atoms with E-state index < -0.39 is 12.1 Å². The lowest BCUT2D eigenvalue weighted by Gasteiger charge is -2.26. The highest BCUT2D eigenvalue weighted by Gasteiger charge is 2.19. The highest BCUT2D eigenvalue weighted by Crippen LogP contribution is 2.14. The van der Waals surface area contributed by atoms with Crippen LogP contribution in [0.3, 0.4) is 0 Å². The summed E-state index contributed by atoms with van der Waals surface area (Å²) in [4.78, 5) is 27.9. The lowest BCUT2D eigenvalue weighted by Crippen LogP contribution is -2.35. The van der Waals surface area contributed by atoms with E-state index >= 15 is 0 Å². The Kier molecular flexibility index (Phi) is 7.01. The van der Waals surface area contributed by atoms with Gasteiger partial charge < -0.3 is 10.1 Å². The third-order valence-electron chi connectivity index (χ3n) is 4.71. The van der Waals surface area contributed by atoms with Crippen LogP contribution in [0.2, 0.25) is 0 Å². The number of piperidine rings is 1. The molecule has 1 amide bonds. The molecule has 2 aromatic rings. The first-order valence-corrected chi connectivity index (χ1v) is 10.3. The largest absolute Gasteiger partial charge is 0.449 e. The van der Waals surface area contributed by atoms with Crippen molar-refractivity contribution in [2.75, 3.05) is 13.1 Å². The number of nitrogens with zero attached hydrogens (tertiary/aromatic N) is 1. The van der Waals surface area contributed by atoms with Gasteiger partial charge in [-0.1, -0.05) is 24.6 Å². The topological polar surface area (TPSA) is 58.6 Å². The fourth-order valence-corrected chi connectivity index (χ4v) is 3.78. The van der Waals surface area contributed by atoms with Gasteiger partial charge in [0.05, 0.1) is 12.1 Å². The summed E-state index contributed by atoms with van der Waals surface area (Å²) in [5.74, 6) is -0.767. The Hall–Kier alpha value is -2.18. The second-order valence-electron chi connectivity index (χ2n) is 6.88. The lowest BCUT2D eigenvalue weighted by molar-refractivity contribution is -0.129. The van der Waals surface area contributed by atoms with E-state index in [4.69, 9.17) is 4.74 Å². The number of nitrogens with one attached hydrogen (secondary N) is 1. The number of amides is 1. The molecule has 0 radical (unpaired) electrons. The van der Waals surface area contributed by atoms with Gasteiger partial charge in [-0.3, -0.25) is 9.69 Å². The van der Waals surface area contributed by atoms with Crippen LogP contribution in [0.15, 0.2) is 41.8 Å². The van der Waals surface area contributed by atoms with Crippen LogP contribution in [-0.2, 0) is 22.6 Å². The van der Waals surface area contributed by atoms with Gasteiger partial charge in [-0.2, -0.15) is 0 Å². The van der Waals surface area contributed by atoms with E-state index in [0.717, 1.165) is 24.5 Å². The molecule has 1 saturated heterocycles. The summed E-state index contributed by atoms with van der Waals surface area (Å²) in [6.45, 7) is 5.23. The number of hydrogen-bond acceptors (Lipinski definition) is 5. The summed E-state index contributed by atoms with van der Waals surface area (Å²) in [5.41, 5.74) is 1.66. The molecule has 1 aromatic carbocycles. The zero-order chi connectivity index (χ0) is 19.1. The maximum atomic E-state index is 12.3. The Bertz CT molecular complexity index is 737. The number of thiophene rings is 1. The first-order valence-electron chi connectivity index (χ1n) is 9.44. The smallest absolute Gasteiger partial charge is 0.338 e. The lowest BCUT2D eigenvalue weighted by atomic mass is 10.1. The van der Waals surface area contributed by atoms with Gasteiger partial charge in [0.1, 0.15) is 0 Å². The second-order valence-corrected chi connectivity index (χ2v) is 7.91. The molecule has 1 atom stereocenters. The molecule has 144 valence electrons. The molecule has 0 bridgehead atoms. The van der Waals surface area contributed by atoms with Crippen LogP contribution in [0.25, 0.3) is 0 Å². The average Bonchev–Trinajstić information content (AvgIpc) is 3.21. The Morgan fingerprint density at radius 2 is 1.89 bits per heavy atom.